The van der Waals surface area contributed by atoms with Crippen LogP contribution in [0.15, 0.2) is 35.0 Å². The van der Waals surface area contributed by atoms with E-state index in [1.54, 1.807) is 6.07 Å². The van der Waals surface area contributed by atoms with Gasteiger partial charge in [-0.25, -0.2) is 4.79 Å². The maximum atomic E-state index is 12.0. The Hall–Kier alpha value is -2.30. The Balaban J connectivity index is 1.69. The molecular formula is C17H21N3O2. The highest BCUT2D eigenvalue weighted by Crippen LogP contribution is 2.26. The summed E-state index contributed by atoms with van der Waals surface area (Å²) in [5.74, 6) is 0.345. The molecule has 1 unspecified atom stereocenters. The number of hydrogen-bond acceptors (Lipinski definition) is 3. The molecule has 2 N–H and O–H groups in total. The third-order valence-electron chi connectivity index (χ3n) is 4.16. The van der Waals surface area contributed by atoms with Crippen molar-refractivity contribution in [3.05, 3.63) is 47.2 Å². The van der Waals surface area contributed by atoms with Crippen molar-refractivity contribution in [3.8, 4) is 0 Å². The van der Waals surface area contributed by atoms with Gasteiger partial charge < -0.3 is 9.84 Å². The molecule has 0 saturated carbocycles. The Morgan fingerprint density at radius 3 is 2.82 bits per heavy atom. The van der Waals surface area contributed by atoms with Gasteiger partial charge in [0.2, 0.25) is 5.88 Å². The van der Waals surface area contributed by atoms with Crippen molar-refractivity contribution in [2.45, 2.75) is 45.1 Å². The van der Waals surface area contributed by atoms with Crippen molar-refractivity contribution < 1.29 is 9.32 Å². The lowest BCUT2D eigenvalue weighted by atomic mass is 9.89. The number of nitrogens with one attached hydrogen (secondary N) is 2. The topological polar surface area (TPSA) is 67.2 Å². The third kappa shape index (κ3) is 3.30. The number of urea groups is 1. The first-order valence-corrected chi connectivity index (χ1v) is 7.86. The molecule has 5 heteroatoms. The molecule has 1 aliphatic carbocycles. The summed E-state index contributed by atoms with van der Waals surface area (Å²) in [5, 5.41) is 9.19. The van der Waals surface area contributed by atoms with Gasteiger partial charge in [0.25, 0.3) is 0 Å². The molecule has 2 amide bonds. The van der Waals surface area contributed by atoms with Crippen LogP contribution >= 0.6 is 0 Å². The summed E-state index contributed by atoms with van der Waals surface area (Å²) >= 11 is 0. The van der Waals surface area contributed by atoms with Crippen LogP contribution in [0.1, 0.15) is 48.9 Å². The fraction of sp³-hybridized carbons (Fsp3) is 0.412. The molecule has 0 radical (unpaired) electrons. The third-order valence-corrected chi connectivity index (χ3v) is 4.16. The largest absolute Gasteiger partial charge is 0.338 e. The summed E-state index contributed by atoms with van der Waals surface area (Å²) in [4.78, 5) is 12.0. The molecule has 1 aromatic carbocycles. The molecule has 2 aromatic rings. The van der Waals surface area contributed by atoms with E-state index in [0.717, 1.165) is 18.4 Å². The molecule has 1 aromatic heterocycles. The number of fused-ring (bicyclic) bond motifs is 1. The maximum absolute atomic E-state index is 12.0. The van der Waals surface area contributed by atoms with E-state index in [2.05, 4.69) is 40.9 Å². The summed E-state index contributed by atoms with van der Waals surface area (Å²) in [6, 6.07) is 7.92. The van der Waals surface area contributed by atoms with E-state index < -0.39 is 0 Å². The number of carbonyl (C=O) groups excluding carboxylic acids is 1. The fourth-order valence-electron chi connectivity index (χ4n) is 2.98. The predicted octanol–water partition coefficient (Wildman–Crippen LogP) is 3.83. The van der Waals surface area contributed by atoms with Gasteiger partial charge in [0.15, 0.2) is 0 Å². The molecule has 0 fully saturated rings. The first kappa shape index (κ1) is 14.6. The molecule has 22 heavy (non-hydrogen) atoms. The molecule has 1 atom stereocenters. The first-order valence-electron chi connectivity index (χ1n) is 7.86. The average molecular weight is 299 g/mol. The highest BCUT2D eigenvalue weighted by Gasteiger charge is 2.16. The average Bonchev–Trinajstić information content (AvgIpc) is 3.05. The van der Waals surface area contributed by atoms with Crippen LogP contribution in [-0.4, -0.2) is 11.2 Å². The van der Waals surface area contributed by atoms with Gasteiger partial charge in [0.1, 0.15) is 0 Å². The van der Waals surface area contributed by atoms with Crippen LogP contribution in [0.2, 0.25) is 0 Å². The fourth-order valence-corrected chi connectivity index (χ4v) is 2.98. The molecule has 0 aliphatic heterocycles. The SMILES string of the molecule is CCC(NC(=O)Nc1ccno1)c1ccc2c(c1)CCCC2. The Morgan fingerprint density at radius 2 is 2.09 bits per heavy atom. The Kier molecular flexibility index (Phi) is 4.42. The van der Waals surface area contributed by atoms with Crippen LogP contribution in [0, 0.1) is 0 Å². The minimum absolute atomic E-state index is 0.00449. The molecule has 116 valence electrons. The van der Waals surface area contributed by atoms with Crippen LogP contribution in [0.25, 0.3) is 0 Å². The van der Waals surface area contributed by atoms with Crippen LogP contribution in [0.3, 0.4) is 0 Å². The van der Waals surface area contributed by atoms with Crippen LogP contribution in [0.5, 0.6) is 0 Å². The van der Waals surface area contributed by atoms with Crippen LogP contribution in [0.4, 0.5) is 10.7 Å². The van der Waals surface area contributed by atoms with E-state index in [1.807, 2.05) is 0 Å². The molecule has 1 heterocycles. The van der Waals surface area contributed by atoms with E-state index >= 15 is 0 Å². The quantitative estimate of drug-likeness (QED) is 0.901. The molecule has 0 spiro atoms. The number of aryl methyl sites for hydroxylation is 2. The minimum atomic E-state index is -0.277. The summed E-state index contributed by atoms with van der Waals surface area (Å²) in [6.07, 6.45) is 7.18. The van der Waals surface area contributed by atoms with E-state index in [-0.39, 0.29) is 12.1 Å². The predicted molar refractivity (Wildman–Crippen MR) is 84.8 cm³/mol. The number of aromatic nitrogens is 1. The van der Waals surface area contributed by atoms with Gasteiger partial charge in [-0.3, -0.25) is 5.32 Å². The van der Waals surface area contributed by atoms with Gasteiger partial charge >= 0.3 is 6.03 Å². The number of anilines is 1. The van der Waals surface area contributed by atoms with Gasteiger partial charge in [0.05, 0.1) is 12.2 Å². The van der Waals surface area contributed by atoms with Gasteiger partial charge in [-0.05, 0) is 48.8 Å². The number of amides is 2. The number of carbonyl (C=O) groups is 1. The van der Waals surface area contributed by atoms with Crippen molar-refractivity contribution in [1.82, 2.24) is 10.5 Å². The van der Waals surface area contributed by atoms with Crippen LogP contribution in [-0.2, 0) is 12.8 Å². The molecule has 5 nitrogen and oxygen atoms in total. The minimum Gasteiger partial charge on any atom is -0.338 e. The second kappa shape index (κ2) is 6.64. The first-order chi connectivity index (χ1) is 10.8. The summed E-state index contributed by atoms with van der Waals surface area (Å²) in [7, 11) is 0. The number of hydrogen-bond donors (Lipinski definition) is 2. The standard InChI is InChI=1S/C17H21N3O2/c1-2-15(19-17(21)20-16-9-10-18-22-16)14-8-7-12-5-3-4-6-13(12)11-14/h7-11,15H,2-6H2,1H3,(H2,19,20,21). The van der Waals surface area contributed by atoms with Gasteiger partial charge in [0, 0.05) is 6.07 Å². The van der Waals surface area contributed by atoms with E-state index in [4.69, 9.17) is 4.52 Å². The van der Waals surface area contributed by atoms with Crippen molar-refractivity contribution in [2.75, 3.05) is 5.32 Å². The molecule has 0 saturated heterocycles. The van der Waals surface area contributed by atoms with Crippen LogP contribution < -0.4 is 10.6 Å². The van der Waals surface area contributed by atoms with Gasteiger partial charge in [-0.2, -0.15) is 0 Å². The lowest BCUT2D eigenvalue weighted by molar-refractivity contribution is 0.247. The lowest BCUT2D eigenvalue weighted by Gasteiger charge is -2.21. The Bertz CT molecular complexity index is 637. The smallest absolute Gasteiger partial charge is 0.322 e. The Labute approximate surface area is 130 Å². The zero-order valence-corrected chi connectivity index (χ0v) is 12.8. The zero-order chi connectivity index (χ0) is 15.4. The highest BCUT2D eigenvalue weighted by atomic mass is 16.5. The number of benzene rings is 1. The van der Waals surface area contributed by atoms with E-state index in [1.165, 1.54) is 36.6 Å². The molecular weight excluding hydrogens is 278 g/mol. The maximum Gasteiger partial charge on any atom is 0.322 e. The molecule has 0 bridgehead atoms. The van der Waals surface area contributed by atoms with E-state index in [0.29, 0.717) is 5.88 Å². The lowest BCUT2D eigenvalue weighted by Crippen LogP contribution is -2.32. The summed E-state index contributed by atoms with van der Waals surface area (Å²) in [6.45, 7) is 2.07. The van der Waals surface area contributed by atoms with E-state index in [9.17, 15) is 4.79 Å². The normalized spacial score (nSPS) is 15.0. The number of rotatable bonds is 4. The second-order valence-corrected chi connectivity index (χ2v) is 5.67. The number of nitrogens with zero attached hydrogens (tertiary/aromatic N) is 1. The van der Waals surface area contributed by atoms with Crippen molar-refractivity contribution in [1.29, 1.82) is 0 Å². The summed E-state index contributed by atoms with van der Waals surface area (Å²) < 4.78 is 4.88. The molecule has 3 rings (SSSR count). The Morgan fingerprint density at radius 1 is 1.27 bits per heavy atom. The summed E-state index contributed by atoms with van der Waals surface area (Å²) in [5.41, 5.74) is 4.05. The molecule has 1 aliphatic rings. The second-order valence-electron chi connectivity index (χ2n) is 5.67. The van der Waals surface area contributed by atoms with Crippen molar-refractivity contribution >= 4 is 11.9 Å². The van der Waals surface area contributed by atoms with Gasteiger partial charge in [-0.15, -0.1) is 0 Å². The monoisotopic (exact) mass is 299 g/mol. The van der Waals surface area contributed by atoms with Crippen molar-refractivity contribution in [2.24, 2.45) is 0 Å². The highest BCUT2D eigenvalue weighted by molar-refractivity contribution is 5.87. The van der Waals surface area contributed by atoms with Crippen molar-refractivity contribution in [3.63, 3.8) is 0 Å². The zero-order valence-electron chi connectivity index (χ0n) is 12.8. The van der Waals surface area contributed by atoms with Gasteiger partial charge in [-0.1, -0.05) is 30.3 Å².